The third kappa shape index (κ3) is 3.36. The Labute approximate surface area is 143 Å². The first-order valence-corrected chi connectivity index (χ1v) is 8.23. The lowest BCUT2D eigenvalue weighted by atomic mass is 10.2. The number of benzene rings is 2. The number of para-hydroxylation sites is 2. The van der Waals surface area contributed by atoms with Gasteiger partial charge in [0, 0.05) is 5.39 Å². The van der Waals surface area contributed by atoms with Gasteiger partial charge in [-0.25, -0.2) is 9.97 Å². The zero-order valence-electron chi connectivity index (χ0n) is 12.9. The van der Waals surface area contributed by atoms with Gasteiger partial charge in [0.15, 0.2) is 0 Å². The van der Waals surface area contributed by atoms with Gasteiger partial charge in [0.05, 0.1) is 22.0 Å². The molecule has 0 aliphatic carbocycles. The highest BCUT2D eigenvalue weighted by molar-refractivity contribution is 8.00. The van der Waals surface area contributed by atoms with Gasteiger partial charge >= 0.3 is 0 Å². The molecule has 0 radical (unpaired) electrons. The van der Waals surface area contributed by atoms with Crippen LogP contribution in [-0.4, -0.2) is 21.1 Å². The molecule has 1 atom stereocenters. The summed E-state index contributed by atoms with van der Waals surface area (Å²) in [5, 5.41) is 13.2. The van der Waals surface area contributed by atoms with E-state index in [-0.39, 0.29) is 11.2 Å². The Kier molecular flexibility index (Phi) is 4.73. The van der Waals surface area contributed by atoms with Gasteiger partial charge in [-0.05, 0) is 25.1 Å². The third-order valence-corrected chi connectivity index (χ3v) is 4.59. The number of nitrogens with one attached hydrogen (secondary N) is 1. The third-order valence-electron chi connectivity index (χ3n) is 3.47. The fourth-order valence-corrected chi connectivity index (χ4v) is 3.13. The molecule has 3 rings (SSSR count). The van der Waals surface area contributed by atoms with E-state index in [0.717, 1.165) is 15.9 Å². The molecule has 0 saturated heterocycles. The molecule has 0 saturated carbocycles. The molecule has 0 spiro atoms. The molecule has 5 nitrogen and oxygen atoms in total. The van der Waals surface area contributed by atoms with Crippen LogP contribution < -0.4 is 5.32 Å². The van der Waals surface area contributed by atoms with E-state index in [0.29, 0.717) is 11.3 Å². The molecule has 0 bridgehead atoms. The zero-order chi connectivity index (χ0) is 16.9. The second-order valence-corrected chi connectivity index (χ2v) is 6.43. The van der Waals surface area contributed by atoms with E-state index in [2.05, 4.69) is 21.4 Å². The van der Waals surface area contributed by atoms with Gasteiger partial charge < -0.3 is 5.32 Å². The number of hydrogen-bond acceptors (Lipinski definition) is 5. The molecule has 1 unspecified atom stereocenters. The highest BCUT2D eigenvalue weighted by Crippen LogP contribution is 2.28. The zero-order valence-corrected chi connectivity index (χ0v) is 13.7. The lowest BCUT2D eigenvalue weighted by molar-refractivity contribution is -0.115. The fraction of sp³-hybridized carbons (Fsp3) is 0.111. The van der Waals surface area contributed by atoms with Crippen LogP contribution in [0.15, 0.2) is 59.9 Å². The summed E-state index contributed by atoms with van der Waals surface area (Å²) in [5.41, 5.74) is 1.80. The van der Waals surface area contributed by atoms with Crippen molar-refractivity contribution in [2.75, 3.05) is 5.32 Å². The summed E-state index contributed by atoms with van der Waals surface area (Å²) in [6, 6.07) is 16.7. The first-order valence-electron chi connectivity index (χ1n) is 7.35. The summed E-state index contributed by atoms with van der Waals surface area (Å²) in [7, 11) is 0. The Hall–Kier alpha value is -2.91. The van der Waals surface area contributed by atoms with Gasteiger partial charge in [0.25, 0.3) is 0 Å². The Morgan fingerprint density at radius 2 is 1.92 bits per heavy atom. The molecular formula is C18H14N4OS. The minimum atomic E-state index is -0.366. The summed E-state index contributed by atoms with van der Waals surface area (Å²) in [4.78, 5) is 20.9. The van der Waals surface area contributed by atoms with Crippen molar-refractivity contribution in [2.24, 2.45) is 0 Å². The average Bonchev–Trinajstić information content (AvgIpc) is 2.62. The van der Waals surface area contributed by atoms with Crippen LogP contribution in [0.5, 0.6) is 0 Å². The smallest absolute Gasteiger partial charge is 0.237 e. The molecule has 1 heterocycles. The van der Waals surface area contributed by atoms with Crippen LogP contribution in [0.25, 0.3) is 10.9 Å². The number of fused-ring (bicyclic) bond motifs is 1. The first-order chi connectivity index (χ1) is 11.7. The maximum absolute atomic E-state index is 12.4. The SMILES string of the molecule is CC(Sc1ncnc2ccccc12)C(=O)Nc1ccccc1C#N. The predicted molar refractivity (Wildman–Crippen MR) is 94.6 cm³/mol. The molecule has 2 aromatic carbocycles. The quantitative estimate of drug-likeness (QED) is 0.582. The monoisotopic (exact) mass is 334 g/mol. The Balaban J connectivity index is 1.78. The van der Waals surface area contributed by atoms with E-state index in [9.17, 15) is 4.79 Å². The predicted octanol–water partition coefficient (Wildman–Crippen LogP) is 3.62. The van der Waals surface area contributed by atoms with Gasteiger partial charge in [0.2, 0.25) is 5.91 Å². The molecule has 0 aliphatic heterocycles. The lowest BCUT2D eigenvalue weighted by Crippen LogP contribution is -2.23. The second-order valence-electron chi connectivity index (χ2n) is 5.10. The molecule has 0 fully saturated rings. The lowest BCUT2D eigenvalue weighted by Gasteiger charge is -2.13. The maximum atomic E-state index is 12.4. The molecule has 118 valence electrons. The number of nitrogens with zero attached hydrogens (tertiary/aromatic N) is 3. The molecular weight excluding hydrogens is 320 g/mol. The summed E-state index contributed by atoms with van der Waals surface area (Å²) in [5.74, 6) is -0.176. The summed E-state index contributed by atoms with van der Waals surface area (Å²) >= 11 is 1.37. The Morgan fingerprint density at radius 1 is 1.17 bits per heavy atom. The number of carbonyl (C=O) groups is 1. The number of rotatable bonds is 4. The van der Waals surface area contributed by atoms with Gasteiger partial charge in [-0.3, -0.25) is 4.79 Å². The van der Waals surface area contributed by atoms with Gasteiger partial charge in [-0.15, -0.1) is 0 Å². The number of nitriles is 1. The average molecular weight is 334 g/mol. The normalized spacial score (nSPS) is 11.7. The highest BCUT2D eigenvalue weighted by atomic mass is 32.2. The van der Waals surface area contributed by atoms with E-state index in [1.807, 2.05) is 31.2 Å². The topological polar surface area (TPSA) is 78.7 Å². The summed E-state index contributed by atoms with van der Waals surface area (Å²) in [6.45, 7) is 1.81. The Bertz CT molecular complexity index is 930. The summed E-state index contributed by atoms with van der Waals surface area (Å²) < 4.78 is 0. The van der Waals surface area contributed by atoms with Crippen molar-refractivity contribution in [3.63, 3.8) is 0 Å². The second kappa shape index (κ2) is 7.11. The molecule has 3 aromatic rings. The van der Waals surface area contributed by atoms with Crippen molar-refractivity contribution in [2.45, 2.75) is 17.2 Å². The van der Waals surface area contributed by atoms with Gasteiger partial charge in [0.1, 0.15) is 17.4 Å². The molecule has 1 amide bonds. The number of hydrogen-bond donors (Lipinski definition) is 1. The maximum Gasteiger partial charge on any atom is 0.237 e. The highest BCUT2D eigenvalue weighted by Gasteiger charge is 2.18. The number of carbonyl (C=O) groups excluding carboxylic acids is 1. The number of amides is 1. The van der Waals surface area contributed by atoms with Crippen LogP contribution in [0.3, 0.4) is 0 Å². The largest absolute Gasteiger partial charge is 0.324 e. The van der Waals surface area contributed by atoms with E-state index in [4.69, 9.17) is 5.26 Å². The van der Waals surface area contributed by atoms with Crippen molar-refractivity contribution in [1.29, 1.82) is 5.26 Å². The molecule has 1 aromatic heterocycles. The van der Waals surface area contributed by atoms with E-state index < -0.39 is 0 Å². The van der Waals surface area contributed by atoms with E-state index in [1.54, 1.807) is 24.3 Å². The number of aromatic nitrogens is 2. The van der Waals surface area contributed by atoms with Gasteiger partial charge in [-0.1, -0.05) is 42.1 Å². The fourth-order valence-electron chi connectivity index (χ4n) is 2.22. The standard InChI is InChI=1S/C18H14N4OS/c1-12(17(23)22-15-8-4-2-6-13(15)10-19)24-18-14-7-3-5-9-16(14)20-11-21-18/h2-9,11-12H,1H3,(H,22,23). The number of thioether (sulfide) groups is 1. The van der Waals surface area contributed by atoms with E-state index >= 15 is 0 Å². The summed E-state index contributed by atoms with van der Waals surface area (Å²) in [6.07, 6.45) is 1.50. The molecule has 24 heavy (non-hydrogen) atoms. The van der Waals surface area contributed by atoms with E-state index in [1.165, 1.54) is 18.1 Å². The minimum absolute atomic E-state index is 0.176. The van der Waals surface area contributed by atoms with Crippen molar-refractivity contribution >= 4 is 34.3 Å². The van der Waals surface area contributed by atoms with Crippen molar-refractivity contribution < 1.29 is 4.79 Å². The van der Waals surface area contributed by atoms with Crippen LogP contribution in [0.1, 0.15) is 12.5 Å². The van der Waals surface area contributed by atoms with Crippen LogP contribution in [0, 0.1) is 11.3 Å². The first kappa shape index (κ1) is 16.0. The van der Waals surface area contributed by atoms with Gasteiger partial charge in [-0.2, -0.15) is 5.26 Å². The van der Waals surface area contributed by atoms with Crippen LogP contribution in [0.2, 0.25) is 0 Å². The molecule has 0 aliphatic rings. The van der Waals surface area contributed by atoms with Crippen molar-refractivity contribution in [3.05, 3.63) is 60.4 Å². The van der Waals surface area contributed by atoms with Crippen molar-refractivity contribution in [3.8, 4) is 6.07 Å². The minimum Gasteiger partial charge on any atom is -0.324 e. The number of anilines is 1. The van der Waals surface area contributed by atoms with Crippen LogP contribution in [-0.2, 0) is 4.79 Å². The Morgan fingerprint density at radius 3 is 2.75 bits per heavy atom. The van der Waals surface area contributed by atoms with Crippen LogP contribution >= 0.6 is 11.8 Å². The molecule has 1 N–H and O–H groups in total. The molecule has 6 heteroatoms. The van der Waals surface area contributed by atoms with Crippen LogP contribution in [0.4, 0.5) is 5.69 Å². The van der Waals surface area contributed by atoms with Crippen molar-refractivity contribution in [1.82, 2.24) is 9.97 Å².